The van der Waals surface area contributed by atoms with Crippen LogP contribution in [0, 0.1) is 0 Å². The fraction of sp³-hybridized carbons (Fsp3) is 0.333. The van der Waals surface area contributed by atoms with E-state index in [-0.39, 0.29) is 31.0 Å². The number of carbonyl (C=O) groups excluding carboxylic acids is 2. The molecule has 3 rings (SSSR count). The van der Waals surface area contributed by atoms with E-state index in [2.05, 4.69) is 5.32 Å². The number of benzene rings is 2. The number of para-hydroxylation sites is 2. The van der Waals surface area contributed by atoms with Gasteiger partial charge in [0.05, 0.1) is 19.6 Å². The second-order valence-electron chi connectivity index (χ2n) is 7.00. The number of halogens is 1. The maximum atomic E-state index is 12.5. The number of fused-ring (bicyclic) bond motifs is 1. The molecule has 0 saturated heterocycles. The summed E-state index contributed by atoms with van der Waals surface area (Å²) in [5.41, 5.74) is 0.658. The number of ether oxygens (including phenoxy) is 2. The van der Waals surface area contributed by atoms with Crippen molar-refractivity contribution in [2.45, 2.75) is 6.10 Å². The van der Waals surface area contributed by atoms with E-state index in [1.807, 2.05) is 24.3 Å². The van der Waals surface area contributed by atoms with Crippen molar-refractivity contribution in [2.75, 3.05) is 45.7 Å². The highest BCUT2D eigenvalue weighted by molar-refractivity contribution is 6.30. The third-order valence-corrected chi connectivity index (χ3v) is 4.67. The number of carbonyl (C=O) groups is 2. The van der Waals surface area contributed by atoms with Crippen molar-refractivity contribution >= 4 is 29.1 Å². The van der Waals surface area contributed by atoms with E-state index in [0.717, 1.165) is 0 Å². The van der Waals surface area contributed by atoms with Gasteiger partial charge in [-0.1, -0.05) is 23.7 Å². The Balaban J connectivity index is 1.43. The van der Waals surface area contributed by atoms with Crippen molar-refractivity contribution in [3.8, 4) is 11.5 Å². The van der Waals surface area contributed by atoms with E-state index in [9.17, 15) is 9.59 Å². The molecule has 0 aromatic heterocycles. The lowest BCUT2D eigenvalue weighted by Crippen LogP contribution is -2.45. The van der Waals surface area contributed by atoms with Gasteiger partial charge in [-0.05, 0) is 43.4 Å². The fourth-order valence-corrected chi connectivity index (χ4v) is 3.07. The Labute approximate surface area is 175 Å². The summed E-state index contributed by atoms with van der Waals surface area (Å²) >= 11 is 5.83. The molecule has 0 bridgehead atoms. The van der Waals surface area contributed by atoms with Gasteiger partial charge in [0, 0.05) is 17.8 Å². The number of rotatable bonds is 7. The molecule has 1 N–H and O–H groups in total. The van der Waals surface area contributed by atoms with Crippen LogP contribution in [0.25, 0.3) is 0 Å². The van der Waals surface area contributed by atoms with Crippen LogP contribution in [0.3, 0.4) is 0 Å². The molecule has 2 aromatic carbocycles. The zero-order chi connectivity index (χ0) is 20.8. The molecule has 0 fully saturated rings. The molecule has 0 radical (unpaired) electrons. The van der Waals surface area contributed by atoms with Crippen LogP contribution in [0.15, 0.2) is 48.5 Å². The summed E-state index contributed by atoms with van der Waals surface area (Å²) in [5.74, 6) is 1.09. The van der Waals surface area contributed by atoms with Crippen LogP contribution in [0.1, 0.15) is 0 Å². The van der Waals surface area contributed by atoms with Gasteiger partial charge in [-0.25, -0.2) is 0 Å². The molecule has 0 spiro atoms. The van der Waals surface area contributed by atoms with Gasteiger partial charge in [0.25, 0.3) is 0 Å². The summed E-state index contributed by atoms with van der Waals surface area (Å²) in [4.78, 5) is 27.9. The van der Waals surface area contributed by atoms with Crippen molar-refractivity contribution < 1.29 is 19.1 Å². The van der Waals surface area contributed by atoms with Crippen LogP contribution in [0.4, 0.5) is 5.69 Å². The van der Waals surface area contributed by atoms with E-state index in [1.165, 1.54) is 0 Å². The van der Waals surface area contributed by atoms with E-state index in [4.69, 9.17) is 21.1 Å². The van der Waals surface area contributed by atoms with Gasteiger partial charge in [0.1, 0.15) is 6.61 Å². The first-order valence-electron chi connectivity index (χ1n) is 9.27. The summed E-state index contributed by atoms with van der Waals surface area (Å²) in [6.45, 7) is 0.999. The SMILES string of the molecule is CN(CC(=O)Nc1ccc(Cl)cc1)CC(=O)N(C)C[C@H]1COc2ccccc2O1. The highest BCUT2D eigenvalue weighted by atomic mass is 35.5. The van der Waals surface area contributed by atoms with E-state index in [1.54, 1.807) is 48.2 Å². The number of anilines is 1. The molecule has 2 amide bonds. The minimum Gasteiger partial charge on any atom is -0.486 e. The largest absolute Gasteiger partial charge is 0.486 e. The number of nitrogens with zero attached hydrogens (tertiary/aromatic N) is 2. The molecule has 8 heteroatoms. The predicted octanol–water partition coefficient (Wildman–Crippen LogP) is 2.51. The highest BCUT2D eigenvalue weighted by Crippen LogP contribution is 2.30. The van der Waals surface area contributed by atoms with Crippen LogP contribution < -0.4 is 14.8 Å². The Hall–Kier alpha value is -2.77. The van der Waals surface area contributed by atoms with Crippen LogP contribution in [0.5, 0.6) is 11.5 Å². The van der Waals surface area contributed by atoms with Gasteiger partial charge < -0.3 is 19.7 Å². The average molecular weight is 418 g/mol. The van der Waals surface area contributed by atoms with Gasteiger partial charge in [0.2, 0.25) is 11.8 Å². The number of likely N-dealkylation sites (N-methyl/N-ethyl adjacent to an activating group) is 2. The fourth-order valence-electron chi connectivity index (χ4n) is 2.95. The van der Waals surface area contributed by atoms with Crippen LogP contribution in [0.2, 0.25) is 5.02 Å². The first kappa shape index (κ1) is 21.0. The first-order valence-corrected chi connectivity index (χ1v) is 9.65. The van der Waals surface area contributed by atoms with Crippen LogP contribution in [-0.4, -0.2) is 68.1 Å². The molecule has 1 heterocycles. The molecule has 2 aromatic rings. The lowest BCUT2D eigenvalue weighted by Gasteiger charge is -2.30. The Morgan fingerprint density at radius 2 is 1.76 bits per heavy atom. The molecule has 29 heavy (non-hydrogen) atoms. The van der Waals surface area contributed by atoms with E-state index in [0.29, 0.717) is 35.4 Å². The molecule has 1 aliphatic heterocycles. The zero-order valence-electron chi connectivity index (χ0n) is 16.4. The summed E-state index contributed by atoms with van der Waals surface area (Å²) in [6.07, 6.45) is -0.239. The molecule has 154 valence electrons. The van der Waals surface area contributed by atoms with Gasteiger partial charge in [-0.15, -0.1) is 0 Å². The normalized spacial score (nSPS) is 15.1. The maximum Gasteiger partial charge on any atom is 0.238 e. The molecular weight excluding hydrogens is 394 g/mol. The molecule has 1 atom stereocenters. The molecule has 1 aliphatic rings. The van der Waals surface area contributed by atoms with Gasteiger partial charge in [-0.2, -0.15) is 0 Å². The predicted molar refractivity (Wildman–Crippen MR) is 112 cm³/mol. The monoisotopic (exact) mass is 417 g/mol. The molecule has 0 unspecified atom stereocenters. The smallest absolute Gasteiger partial charge is 0.238 e. The topological polar surface area (TPSA) is 71.1 Å². The summed E-state index contributed by atoms with van der Waals surface area (Å²) in [6, 6.07) is 14.3. The Morgan fingerprint density at radius 3 is 2.48 bits per heavy atom. The molecule has 0 saturated carbocycles. The minimum atomic E-state index is -0.239. The second-order valence-corrected chi connectivity index (χ2v) is 7.44. The molecule has 7 nitrogen and oxygen atoms in total. The van der Waals surface area contributed by atoms with E-state index >= 15 is 0 Å². The highest BCUT2D eigenvalue weighted by Gasteiger charge is 2.24. The minimum absolute atomic E-state index is 0.0959. The van der Waals surface area contributed by atoms with Crippen molar-refractivity contribution in [3.05, 3.63) is 53.6 Å². The number of hydrogen-bond donors (Lipinski definition) is 1. The Morgan fingerprint density at radius 1 is 1.07 bits per heavy atom. The summed E-state index contributed by atoms with van der Waals surface area (Å²) < 4.78 is 11.6. The van der Waals surface area contributed by atoms with E-state index < -0.39 is 0 Å². The van der Waals surface area contributed by atoms with Crippen molar-refractivity contribution in [1.82, 2.24) is 9.80 Å². The lowest BCUT2D eigenvalue weighted by molar-refractivity contribution is -0.132. The van der Waals surface area contributed by atoms with Crippen molar-refractivity contribution in [1.29, 1.82) is 0 Å². The number of amides is 2. The Kier molecular flexibility index (Phi) is 6.95. The first-order chi connectivity index (χ1) is 13.9. The molecule has 0 aliphatic carbocycles. The summed E-state index contributed by atoms with van der Waals surface area (Å²) in [5, 5.41) is 3.38. The summed E-state index contributed by atoms with van der Waals surface area (Å²) in [7, 11) is 3.44. The lowest BCUT2D eigenvalue weighted by atomic mass is 10.2. The quantitative estimate of drug-likeness (QED) is 0.749. The van der Waals surface area contributed by atoms with Crippen molar-refractivity contribution in [2.24, 2.45) is 0 Å². The van der Waals surface area contributed by atoms with Gasteiger partial charge >= 0.3 is 0 Å². The van der Waals surface area contributed by atoms with Gasteiger partial charge in [0.15, 0.2) is 17.6 Å². The Bertz CT molecular complexity index is 859. The molecular formula is C21H24ClN3O4. The third-order valence-electron chi connectivity index (χ3n) is 4.42. The number of nitrogens with one attached hydrogen (secondary N) is 1. The second kappa shape index (κ2) is 9.62. The maximum absolute atomic E-state index is 12.5. The third kappa shape index (κ3) is 6.10. The average Bonchev–Trinajstić information content (AvgIpc) is 2.69. The van der Waals surface area contributed by atoms with Gasteiger partial charge in [-0.3, -0.25) is 14.5 Å². The van der Waals surface area contributed by atoms with Crippen LogP contribution in [-0.2, 0) is 9.59 Å². The van der Waals surface area contributed by atoms with Crippen molar-refractivity contribution in [3.63, 3.8) is 0 Å². The van der Waals surface area contributed by atoms with Crippen LogP contribution >= 0.6 is 11.6 Å². The number of hydrogen-bond acceptors (Lipinski definition) is 5. The standard InChI is InChI=1S/C21H24ClN3O4/c1-24(12-20(26)23-16-9-7-15(22)8-10-16)13-21(27)25(2)11-17-14-28-18-5-3-4-6-19(18)29-17/h3-10,17H,11-14H2,1-2H3,(H,23,26)/t17-/m0/s1. The zero-order valence-corrected chi connectivity index (χ0v) is 17.2.